The number of likely N-dealkylation sites (tertiary alicyclic amines) is 1. The number of amides is 1. The number of benzene rings is 1. The zero-order valence-corrected chi connectivity index (χ0v) is 15.0. The van der Waals surface area contributed by atoms with Crippen molar-refractivity contribution in [3.05, 3.63) is 23.3 Å². The van der Waals surface area contributed by atoms with E-state index in [4.69, 9.17) is 9.39 Å². The molecular weight excluding hydrogens is 366 g/mol. The molecule has 1 fully saturated rings. The van der Waals surface area contributed by atoms with Crippen molar-refractivity contribution in [2.24, 2.45) is 0 Å². The number of carbonyl (C=O) groups excluding carboxylic acids is 1. The zero-order valence-electron chi connectivity index (χ0n) is 14.1. The summed E-state index contributed by atoms with van der Waals surface area (Å²) < 4.78 is 11.1. The summed E-state index contributed by atoms with van der Waals surface area (Å²) in [5.74, 6) is -1.06. The largest absolute Gasteiger partial charge is 0.535 e. The summed E-state index contributed by atoms with van der Waals surface area (Å²) in [4.78, 5) is 29.4. The fourth-order valence-corrected chi connectivity index (χ4v) is 2.97. The summed E-state index contributed by atoms with van der Waals surface area (Å²) >= 11 is 0. The summed E-state index contributed by atoms with van der Waals surface area (Å²) in [5, 5.41) is 19.2. The van der Waals surface area contributed by atoms with Gasteiger partial charge in [0.2, 0.25) is 0 Å². The van der Waals surface area contributed by atoms with E-state index in [1.807, 2.05) is 4.90 Å². The van der Waals surface area contributed by atoms with E-state index in [-0.39, 0.29) is 48.0 Å². The van der Waals surface area contributed by atoms with E-state index < -0.39 is 13.1 Å². The van der Waals surface area contributed by atoms with Crippen molar-refractivity contribution in [2.75, 3.05) is 26.7 Å². The fraction of sp³-hybridized carbons (Fsp3) is 0.467. The highest BCUT2D eigenvalue weighted by Gasteiger charge is 2.34. The van der Waals surface area contributed by atoms with Gasteiger partial charge in [0.05, 0.1) is 13.7 Å². The normalized spacial score (nSPS) is 16.6. The predicted octanol–water partition coefficient (Wildman–Crippen LogP) is -0.0374. The second-order valence-corrected chi connectivity index (χ2v) is 6.01. The molecule has 0 bridgehead atoms. The van der Waals surface area contributed by atoms with Crippen LogP contribution < -0.4 is 14.9 Å². The first-order chi connectivity index (χ1) is 12.0. The van der Waals surface area contributed by atoms with Crippen molar-refractivity contribution in [3.63, 3.8) is 0 Å². The van der Waals surface area contributed by atoms with Gasteiger partial charge in [-0.25, -0.2) is 10.3 Å². The Labute approximate surface area is 156 Å². The van der Waals surface area contributed by atoms with Gasteiger partial charge in [-0.1, -0.05) is 6.07 Å². The molecular formula is C15H20BClN2O7. The van der Waals surface area contributed by atoms with E-state index in [0.29, 0.717) is 25.8 Å². The number of carboxylic acids is 1. The van der Waals surface area contributed by atoms with Crippen LogP contribution in [0.2, 0.25) is 6.32 Å². The standard InChI is InChI=1S/C15H19BN2O7.ClH/c1-23-17-12(19)8-18-6-10(7-18)24-11-3-2-9-4-5-16(22)25-14(9)13(11)15(20)21;/h2-3,10,22H,4-8H2,1H3,(H,17,19)(H,20,21);1H. The number of fused-ring (bicyclic) bond motifs is 1. The van der Waals surface area contributed by atoms with Gasteiger partial charge in [0.25, 0.3) is 5.91 Å². The quantitative estimate of drug-likeness (QED) is 0.461. The molecule has 11 heteroatoms. The van der Waals surface area contributed by atoms with Crippen molar-refractivity contribution >= 4 is 31.4 Å². The number of aryl methyl sites for hydroxylation is 1. The van der Waals surface area contributed by atoms with Crippen molar-refractivity contribution in [2.45, 2.75) is 18.8 Å². The lowest BCUT2D eigenvalue weighted by Crippen LogP contribution is -2.56. The van der Waals surface area contributed by atoms with E-state index in [2.05, 4.69) is 10.3 Å². The summed E-state index contributed by atoms with van der Waals surface area (Å²) in [6, 6.07) is 3.37. The van der Waals surface area contributed by atoms with Crippen LogP contribution in [0.25, 0.3) is 0 Å². The molecule has 0 saturated carbocycles. The Morgan fingerprint density at radius 1 is 1.42 bits per heavy atom. The van der Waals surface area contributed by atoms with Gasteiger partial charge in [-0.05, 0) is 24.4 Å². The highest BCUT2D eigenvalue weighted by atomic mass is 35.5. The molecule has 9 nitrogen and oxygen atoms in total. The second kappa shape index (κ2) is 8.59. The van der Waals surface area contributed by atoms with E-state index in [1.165, 1.54) is 7.11 Å². The number of nitrogens with zero attached hydrogens (tertiary/aromatic N) is 1. The van der Waals surface area contributed by atoms with Gasteiger partial charge in [0.15, 0.2) is 0 Å². The average molecular weight is 387 g/mol. The molecule has 1 amide bonds. The maximum atomic E-state index is 11.7. The number of hydrogen-bond acceptors (Lipinski definition) is 7. The van der Waals surface area contributed by atoms with Gasteiger partial charge in [-0.3, -0.25) is 14.5 Å². The fourth-order valence-electron chi connectivity index (χ4n) is 2.97. The number of nitrogens with one attached hydrogen (secondary N) is 1. The maximum absolute atomic E-state index is 11.7. The summed E-state index contributed by atoms with van der Waals surface area (Å²) in [6.07, 6.45) is 0.746. The third kappa shape index (κ3) is 4.39. The van der Waals surface area contributed by atoms with E-state index in [1.54, 1.807) is 12.1 Å². The Kier molecular flexibility index (Phi) is 6.71. The predicted molar refractivity (Wildman–Crippen MR) is 93.8 cm³/mol. The molecule has 1 saturated heterocycles. The molecule has 0 atom stereocenters. The highest BCUT2D eigenvalue weighted by molar-refractivity contribution is 6.44. The zero-order chi connectivity index (χ0) is 18.0. The summed E-state index contributed by atoms with van der Waals surface area (Å²) in [5.41, 5.74) is 2.89. The molecule has 2 aliphatic heterocycles. The molecule has 0 aromatic heterocycles. The number of hydroxylamine groups is 1. The van der Waals surface area contributed by atoms with E-state index >= 15 is 0 Å². The minimum atomic E-state index is -1.17. The van der Waals surface area contributed by atoms with Crippen LogP contribution in [0.4, 0.5) is 0 Å². The Hall–Kier alpha value is -2.01. The molecule has 1 aromatic carbocycles. The van der Waals surface area contributed by atoms with Crippen LogP contribution in [0.5, 0.6) is 11.5 Å². The van der Waals surface area contributed by atoms with Crippen molar-refractivity contribution < 1.29 is 33.9 Å². The second-order valence-electron chi connectivity index (χ2n) is 6.01. The van der Waals surface area contributed by atoms with Crippen molar-refractivity contribution in [3.8, 4) is 11.5 Å². The van der Waals surface area contributed by atoms with Gasteiger partial charge in [-0.15, -0.1) is 12.4 Å². The van der Waals surface area contributed by atoms with Crippen LogP contribution in [0.1, 0.15) is 15.9 Å². The van der Waals surface area contributed by atoms with E-state index in [9.17, 15) is 19.7 Å². The third-order valence-corrected chi connectivity index (χ3v) is 4.13. The van der Waals surface area contributed by atoms with Crippen LogP contribution in [0, 0.1) is 0 Å². The van der Waals surface area contributed by atoms with Gasteiger partial charge in [-0.2, -0.15) is 0 Å². The Morgan fingerprint density at radius 2 is 2.15 bits per heavy atom. The van der Waals surface area contributed by atoms with Gasteiger partial charge in [0.1, 0.15) is 23.2 Å². The first kappa shape index (κ1) is 20.3. The maximum Gasteiger partial charge on any atom is 0.522 e. The number of ether oxygens (including phenoxy) is 1. The topological polar surface area (TPSA) is 118 Å². The summed E-state index contributed by atoms with van der Waals surface area (Å²) in [7, 11) is 0.349. The minimum Gasteiger partial charge on any atom is -0.535 e. The Morgan fingerprint density at radius 3 is 2.81 bits per heavy atom. The molecule has 0 aliphatic carbocycles. The SMILES string of the molecule is CONC(=O)CN1CC(Oc2ccc3c(c2C(=O)O)OB(O)CC3)C1.Cl. The lowest BCUT2D eigenvalue weighted by Gasteiger charge is -2.38. The lowest BCUT2D eigenvalue weighted by atomic mass is 9.78. The molecule has 2 aliphatic rings. The number of aromatic carboxylic acids is 1. The molecule has 3 rings (SSSR count). The molecule has 0 unspecified atom stereocenters. The molecule has 0 radical (unpaired) electrons. The monoisotopic (exact) mass is 386 g/mol. The molecule has 1 aromatic rings. The number of carboxylic acid groups (broad SMARTS) is 1. The first-order valence-corrected chi connectivity index (χ1v) is 7.92. The first-order valence-electron chi connectivity index (χ1n) is 7.92. The lowest BCUT2D eigenvalue weighted by molar-refractivity contribution is -0.134. The summed E-state index contributed by atoms with van der Waals surface area (Å²) in [6.45, 7) is 1.17. The molecule has 0 spiro atoms. The Bertz CT molecular complexity index is 684. The van der Waals surface area contributed by atoms with Crippen LogP contribution in [-0.2, 0) is 16.1 Å². The number of hydrogen-bond donors (Lipinski definition) is 3. The minimum absolute atomic E-state index is 0. The van der Waals surface area contributed by atoms with Crippen LogP contribution >= 0.6 is 12.4 Å². The van der Waals surface area contributed by atoms with Gasteiger partial charge < -0.3 is 19.5 Å². The smallest absolute Gasteiger partial charge is 0.522 e. The van der Waals surface area contributed by atoms with E-state index in [0.717, 1.165) is 5.56 Å². The molecule has 142 valence electrons. The van der Waals surface area contributed by atoms with Crippen molar-refractivity contribution in [1.29, 1.82) is 0 Å². The van der Waals surface area contributed by atoms with Crippen LogP contribution in [0.3, 0.4) is 0 Å². The molecule has 2 heterocycles. The molecule has 26 heavy (non-hydrogen) atoms. The number of carbonyl (C=O) groups is 2. The average Bonchev–Trinajstić information content (AvgIpc) is 2.52. The third-order valence-electron chi connectivity index (χ3n) is 4.13. The number of halogens is 1. The van der Waals surface area contributed by atoms with Crippen molar-refractivity contribution in [1.82, 2.24) is 10.4 Å². The Balaban J connectivity index is 0.00000243. The van der Waals surface area contributed by atoms with Gasteiger partial charge in [0, 0.05) is 13.1 Å². The number of rotatable bonds is 6. The van der Waals surface area contributed by atoms with Gasteiger partial charge >= 0.3 is 13.1 Å². The van der Waals surface area contributed by atoms with Crippen LogP contribution in [0.15, 0.2) is 12.1 Å². The highest BCUT2D eigenvalue weighted by Crippen LogP contribution is 2.37. The van der Waals surface area contributed by atoms with Crippen LogP contribution in [-0.4, -0.2) is 66.9 Å². The molecule has 3 N–H and O–H groups in total.